The van der Waals surface area contributed by atoms with Gasteiger partial charge in [-0.3, -0.25) is 19.5 Å². The predicted molar refractivity (Wildman–Crippen MR) is 111 cm³/mol. The van der Waals surface area contributed by atoms with Crippen LogP contribution in [0.25, 0.3) is 10.9 Å². The van der Waals surface area contributed by atoms with Gasteiger partial charge in [-0.2, -0.15) is 5.10 Å². The minimum Gasteiger partial charge on any atom is -0.456 e. The minimum atomic E-state index is -0.609. The molecule has 9 heteroatoms. The third-order valence-electron chi connectivity index (χ3n) is 4.65. The van der Waals surface area contributed by atoms with Crippen molar-refractivity contribution < 1.29 is 23.5 Å². The van der Waals surface area contributed by atoms with Crippen molar-refractivity contribution in [1.29, 1.82) is 0 Å². The summed E-state index contributed by atoms with van der Waals surface area (Å²) < 4.78 is 18.3. The van der Waals surface area contributed by atoms with E-state index in [9.17, 15) is 18.8 Å². The molecule has 3 aromatic rings. The third-order valence-corrected chi connectivity index (χ3v) is 4.65. The molecule has 0 saturated carbocycles. The molecule has 0 spiro atoms. The summed E-state index contributed by atoms with van der Waals surface area (Å²) in [5, 5.41) is 10.1. The molecular weight excluding hydrogens is 403 g/mol. The zero-order valence-electron chi connectivity index (χ0n) is 17.1. The van der Waals surface area contributed by atoms with Gasteiger partial charge < -0.3 is 15.0 Å². The first-order valence-corrected chi connectivity index (χ1v) is 9.87. The highest BCUT2D eigenvalue weighted by atomic mass is 19.1. The fourth-order valence-electron chi connectivity index (χ4n) is 3.04. The average Bonchev–Trinajstić information content (AvgIpc) is 3.20. The summed E-state index contributed by atoms with van der Waals surface area (Å²) in [5.41, 5.74) is 1.63. The lowest BCUT2D eigenvalue weighted by atomic mass is 10.2. The van der Waals surface area contributed by atoms with Crippen LogP contribution < -0.4 is 5.32 Å². The van der Waals surface area contributed by atoms with E-state index in [1.807, 2.05) is 6.07 Å². The Labute approximate surface area is 178 Å². The van der Waals surface area contributed by atoms with Gasteiger partial charge in [0, 0.05) is 25.0 Å². The molecule has 0 aliphatic rings. The standard InChI is InChI=1S/C22H23FN4O4/c1-2-27(13-15-6-5-7-16(23)12-15)19(28)14-31-20(29)10-11-24-22(30)21-17-8-3-4-9-18(17)25-26-21/h3-9,12H,2,10-11,13-14H2,1H3,(H,24,30)(H,25,26). The normalized spacial score (nSPS) is 10.6. The first kappa shape index (κ1) is 21.9. The minimum absolute atomic E-state index is 0.0494. The lowest BCUT2D eigenvalue weighted by molar-refractivity contribution is -0.152. The van der Waals surface area contributed by atoms with Gasteiger partial charge in [0.05, 0.1) is 11.9 Å². The largest absolute Gasteiger partial charge is 0.456 e. The molecule has 0 radical (unpaired) electrons. The second-order valence-corrected chi connectivity index (χ2v) is 6.82. The van der Waals surface area contributed by atoms with E-state index in [0.29, 0.717) is 17.5 Å². The summed E-state index contributed by atoms with van der Waals surface area (Å²) in [7, 11) is 0. The van der Waals surface area contributed by atoms with E-state index in [0.717, 1.165) is 5.52 Å². The highest BCUT2D eigenvalue weighted by Crippen LogP contribution is 2.14. The number of likely N-dealkylation sites (N-methyl/N-ethyl adjacent to an activating group) is 1. The summed E-state index contributed by atoms with van der Waals surface area (Å²) in [6.07, 6.45) is -0.0859. The van der Waals surface area contributed by atoms with Crippen LogP contribution in [0.1, 0.15) is 29.4 Å². The summed E-state index contributed by atoms with van der Waals surface area (Å²) in [4.78, 5) is 38.0. The number of amides is 2. The Bertz CT molecular complexity index is 1080. The third kappa shape index (κ3) is 5.88. The molecular formula is C22H23FN4O4. The fraction of sp³-hybridized carbons (Fsp3) is 0.273. The number of H-pyrrole nitrogens is 1. The van der Waals surface area contributed by atoms with Crippen LogP contribution in [0.2, 0.25) is 0 Å². The van der Waals surface area contributed by atoms with Gasteiger partial charge in [0.2, 0.25) is 0 Å². The Morgan fingerprint density at radius 1 is 1.16 bits per heavy atom. The maximum atomic E-state index is 13.3. The van der Waals surface area contributed by atoms with E-state index in [4.69, 9.17) is 4.74 Å². The van der Waals surface area contributed by atoms with Gasteiger partial charge in [-0.25, -0.2) is 4.39 Å². The van der Waals surface area contributed by atoms with E-state index >= 15 is 0 Å². The Hall–Kier alpha value is -3.75. The number of rotatable bonds is 9. The van der Waals surface area contributed by atoms with Crippen molar-refractivity contribution >= 4 is 28.7 Å². The smallest absolute Gasteiger partial charge is 0.308 e. The fourth-order valence-corrected chi connectivity index (χ4v) is 3.04. The molecule has 0 aliphatic carbocycles. The number of esters is 1. The maximum absolute atomic E-state index is 13.3. The Balaban J connectivity index is 1.42. The Morgan fingerprint density at radius 2 is 1.97 bits per heavy atom. The molecule has 0 atom stereocenters. The molecule has 1 heterocycles. The summed E-state index contributed by atoms with van der Waals surface area (Å²) in [5.74, 6) is -1.78. The van der Waals surface area contributed by atoms with Crippen molar-refractivity contribution in [2.75, 3.05) is 19.7 Å². The molecule has 0 fully saturated rings. The van der Waals surface area contributed by atoms with Crippen molar-refractivity contribution in [2.45, 2.75) is 19.9 Å². The number of nitrogens with zero attached hydrogens (tertiary/aromatic N) is 2. The number of carbonyl (C=O) groups excluding carboxylic acids is 3. The van der Waals surface area contributed by atoms with Crippen LogP contribution >= 0.6 is 0 Å². The van der Waals surface area contributed by atoms with Crippen LogP contribution in [0.5, 0.6) is 0 Å². The molecule has 0 bridgehead atoms. The van der Waals surface area contributed by atoms with Crippen LogP contribution in [0.3, 0.4) is 0 Å². The highest BCUT2D eigenvalue weighted by Gasteiger charge is 2.16. The van der Waals surface area contributed by atoms with Crippen molar-refractivity contribution in [3.63, 3.8) is 0 Å². The Kier molecular flexibility index (Phi) is 7.31. The van der Waals surface area contributed by atoms with E-state index in [1.54, 1.807) is 37.3 Å². The van der Waals surface area contributed by atoms with Gasteiger partial charge in [-0.1, -0.05) is 30.3 Å². The van der Waals surface area contributed by atoms with Crippen LogP contribution in [-0.4, -0.2) is 52.6 Å². The lowest BCUT2D eigenvalue weighted by Gasteiger charge is -2.21. The van der Waals surface area contributed by atoms with E-state index < -0.39 is 18.5 Å². The molecule has 0 aliphatic heterocycles. The molecule has 0 saturated heterocycles. The van der Waals surface area contributed by atoms with Gasteiger partial charge in [0.15, 0.2) is 12.3 Å². The van der Waals surface area contributed by atoms with Gasteiger partial charge >= 0.3 is 5.97 Å². The van der Waals surface area contributed by atoms with Crippen molar-refractivity contribution in [2.24, 2.45) is 0 Å². The van der Waals surface area contributed by atoms with E-state index in [1.165, 1.54) is 17.0 Å². The first-order chi connectivity index (χ1) is 15.0. The number of hydrogen-bond acceptors (Lipinski definition) is 5. The SMILES string of the molecule is CCN(Cc1cccc(F)c1)C(=O)COC(=O)CCNC(=O)c1n[nH]c2ccccc12. The number of ether oxygens (including phenoxy) is 1. The second-order valence-electron chi connectivity index (χ2n) is 6.82. The van der Waals surface area contributed by atoms with Crippen molar-refractivity contribution in [3.8, 4) is 0 Å². The van der Waals surface area contributed by atoms with Crippen LogP contribution in [0.4, 0.5) is 4.39 Å². The topological polar surface area (TPSA) is 104 Å². The zero-order chi connectivity index (χ0) is 22.2. The number of para-hydroxylation sites is 1. The molecule has 2 aromatic carbocycles. The zero-order valence-corrected chi connectivity index (χ0v) is 17.1. The molecule has 2 N–H and O–H groups in total. The molecule has 162 valence electrons. The number of carbonyl (C=O) groups is 3. The number of aromatic nitrogens is 2. The average molecular weight is 426 g/mol. The number of fused-ring (bicyclic) bond motifs is 1. The predicted octanol–water partition coefficient (Wildman–Crippen LogP) is 2.41. The monoisotopic (exact) mass is 426 g/mol. The summed E-state index contributed by atoms with van der Waals surface area (Å²) in [6.45, 7) is 2.03. The number of hydrogen-bond donors (Lipinski definition) is 2. The molecule has 31 heavy (non-hydrogen) atoms. The molecule has 3 rings (SSSR count). The van der Waals surface area contributed by atoms with Gasteiger partial charge in [-0.15, -0.1) is 0 Å². The molecule has 8 nitrogen and oxygen atoms in total. The molecule has 0 unspecified atom stereocenters. The number of nitrogens with one attached hydrogen (secondary N) is 2. The summed E-state index contributed by atoms with van der Waals surface area (Å²) >= 11 is 0. The summed E-state index contributed by atoms with van der Waals surface area (Å²) in [6, 6.07) is 13.2. The van der Waals surface area contributed by atoms with Crippen molar-refractivity contribution in [1.82, 2.24) is 20.4 Å². The second kappa shape index (κ2) is 10.3. The van der Waals surface area contributed by atoms with Crippen LogP contribution in [-0.2, 0) is 20.9 Å². The van der Waals surface area contributed by atoms with Crippen LogP contribution in [0, 0.1) is 5.82 Å². The maximum Gasteiger partial charge on any atom is 0.308 e. The molecule has 1 aromatic heterocycles. The van der Waals surface area contributed by atoms with E-state index in [2.05, 4.69) is 15.5 Å². The number of halogens is 1. The van der Waals surface area contributed by atoms with Gasteiger partial charge in [0.25, 0.3) is 11.8 Å². The number of aromatic amines is 1. The highest BCUT2D eigenvalue weighted by molar-refractivity contribution is 6.04. The number of benzene rings is 2. The van der Waals surface area contributed by atoms with Crippen LogP contribution in [0.15, 0.2) is 48.5 Å². The quantitative estimate of drug-likeness (QED) is 0.512. The first-order valence-electron chi connectivity index (χ1n) is 9.87. The molecule has 2 amide bonds. The lowest BCUT2D eigenvalue weighted by Crippen LogP contribution is -2.34. The van der Waals surface area contributed by atoms with Gasteiger partial charge in [0.1, 0.15) is 5.82 Å². The van der Waals surface area contributed by atoms with Crippen molar-refractivity contribution in [3.05, 3.63) is 65.6 Å². The van der Waals surface area contributed by atoms with Gasteiger partial charge in [-0.05, 0) is 30.7 Å². The van der Waals surface area contributed by atoms with E-state index in [-0.39, 0.29) is 36.9 Å². The Morgan fingerprint density at radius 3 is 2.74 bits per heavy atom.